The molecule has 0 aliphatic rings. The number of nitrogens with zero attached hydrogens (tertiary/aromatic N) is 1. The summed E-state index contributed by atoms with van der Waals surface area (Å²) in [4.78, 5) is 36.1. The standard InChI is InChI=1S/C23H18N2O5S/c26-22(16-30-23(27)15-12-17-10-13-18(14-11-17)25(28)29)24-20-8-4-5-9-21(20)31-19-6-2-1-3-7-19/h1-15H,16H2,(H,24,26)/b15-12+. The van der Waals surface area contributed by atoms with Crippen molar-refractivity contribution in [1.29, 1.82) is 0 Å². The number of carbonyl (C=O) groups excluding carboxylic acids is 2. The summed E-state index contributed by atoms with van der Waals surface area (Å²) in [6, 6.07) is 22.8. The number of para-hydroxylation sites is 1. The molecule has 156 valence electrons. The number of rotatable bonds is 8. The molecule has 1 N–H and O–H groups in total. The molecule has 0 saturated heterocycles. The number of nitro benzene ring substituents is 1. The normalized spacial score (nSPS) is 10.6. The molecule has 7 nitrogen and oxygen atoms in total. The number of hydrogen-bond acceptors (Lipinski definition) is 6. The molecule has 0 atom stereocenters. The predicted molar refractivity (Wildman–Crippen MR) is 119 cm³/mol. The van der Waals surface area contributed by atoms with Gasteiger partial charge in [-0.2, -0.15) is 0 Å². The van der Waals surface area contributed by atoms with Crippen molar-refractivity contribution in [3.05, 3.63) is 101 Å². The molecule has 0 spiro atoms. The summed E-state index contributed by atoms with van der Waals surface area (Å²) >= 11 is 1.51. The Balaban J connectivity index is 1.52. The van der Waals surface area contributed by atoms with E-state index < -0.39 is 23.4 Å². The number of hydrogen-bond donors (Lipinski definition) is 1. The number of nitrogens with one attached hydrogen (secondary N) is 1. The van der Waals surface area contributed by atoms with Gasteiger partial charge < -0.3 is 10.1 Å². The summed E-state index contributed by atoms with van der Waals surface area (Å²) in [6.45, 7) is -0.437. The molecule has 31 heavy (non-hydrogen) atoms. The van der Waals surface area contributed by atoms with Crippen molar-refractivity contribution < 1.29 is 19.2 Å². The van der Waals surface area contributed by atoms with Crippen LogP contribution in [0.5, 0.6) is 0 Å². The van der Waals surface area contributed by atoms with Gasteiger partial charge >= 0.3 is 5.97 Å². The summed E-state index contributed by atoms with van der Waals surface area (Å²) in [5.74, 6) is -1.15. The van der Waals surface area contributed by atoms with E-state index in [1.807, 2.05) is 48.5 Å². The van der Waals surface area contributed by atoms with E-state index in [4.69, 9.17) is 4.74 Å². The van der Waals surface area contributed by atoms with Crippen LogP contribution in [0.1, 0.15) is 5.56 Å². The molecule has 3 aromatic rings. The highest BCUT2D eigenvalue weighted by Crippen LogP contribution is 2.33. The van der Waals surface area contributed by atoms with Crippen molar-refractivity contribution in [2.45, 2.75) is 9.79 Å². The summed E-state index contributed by atoms with van der Waals surface area (Å²) in [5.41, 5.74) is 1.18. The number of ether oxygens (including phenoxy) is 1. The van der Waals surface area contributed by atoms with Gasteiger partial charge in [0.05, 0.1) is 10.6 Å². The summed E-state index contributed by atoms with van der Waals surface area (Å²) in [7, 11) is 0. The summed E-state index contributed by atoms with van der Waals surface area (Å²) in [6.07, 6.45) is 2.61. The topological polar surface area (TPSA) is 98.5 Å². The lowest BCUT2D eigenvalue weighted by Crippen LogP contribution is -2.20. The zero-order valence-corrected chi connectivity index (χ0v) is 17.1. The van der Waals surface area contributed by atoms with Crippen molar-refractivity contribution in [1.82, 2.24) is 0 Å². The van der Waals surface area contributed by atoms with Crippen LogP contribution in [0.15, 0.2) is 94.7 Å². The Morgan fingerprint density at radius 1 is 0.968 bits per heavy atom. The molecule has 0 unspecified atom stereocenters. The van der Waals surface area contributed by atoms with Crippen LogP contribution < -0.4 is 5.32 Å². The number of anilines is 1. The zero-order valence-electron chi connectivity index (χ0n) is 16.3. The zero-order chi connectivity index (χ0) is 22.1. The Kier molecular flexibility index (Phi) is 7.56. The molecule has 0 radical (unpaired) electrons. The fourth-order valence-corrected chi connectivity index (χ4v) is 3.44. The maximum Gasteiger partial charge on any atom is 0.331 e. The quantitative estimate of drug-likeness (QED) is 0.233. The van der Waals surface area contributed by atoms with Crippen molar-refractivity contribution in [3.63, 3.8) is 0 Å². The van der Waals surface area contributed by atoms with Gasteiger partial charge in [0.15, 0.2) is 6.61 Å². The second-order valence-corrected chi connectivity index (χ2v) is 7.36. The Hall–Kier alpha value is -3.91. The fourth-order valence-electron chi connectivity index (χ4n) is 2.52. The van der Waals surface area contributed by atoms with E-state index in [0.29, 0.717) is 11.3 Å². The van der Waals surface area contributed by atoms with Crippen LogP contribution in [0.4, 0.5) is 11.4 Å². The molecule has 0 fully saturated rings. The highest BCUT2D eigenvalue weighted by Gasteiger charge is 2.10. The van der Waals surface area contributed by atoms with Crippen molar-refractivity contribution in [3.8, 4) is 0 Å². The van der Waals surface area contributed by atoms with E-state index in [2.05, 4.69) is 5.32 Å². The molecule has 0 aliphatic carbocycles. The van der Waals surface area contributed by atoms with Crippen LogP contribution in [-0.4, -0.2) is 23.4 Å². The number of esters is 1. The van der Waals surface area contributed by atoms with Crippen molar-refractivity contribution in [2.75, 3.05) is 11.9 Å². The monoisotopic (exact) mass is 434 g/mol. The largest absolute Gasteiger partial charge is 0.452 e. The lowest BCUT2D eigenvalue weighted by molar-refractivity contribution is -0.384. The van der Waals surface area contributed by atoms with Gasteiger partial charge in [-0.15, -0.1) is 0 Å². The minimum absolute atomic E-state index is 0.0397. The number of non-ortho nitro benzene ring substituents is 1. The van der Waals surface area contributed by atoms with Gasteiger partial charge in [0.25, 0.3) is 11.6 Å². The molecule has 0 bridgehead atoms. The third kappa shape index (κ3) is 6.83. The Bertz CT molecular complexity index is 1100. The molecular weight excluding hydrogens is 416 g/mol. The van der Waals surface area contributed by atoms with E-state index in [-0.39, 0.29) is 5.69 Å². The van der Waals surface area contributed by atoms with Gasteiger partial charge in [-0.3, -0.25) is 14.9 Å². The lowest BCUT2D eigenvalue weighted by atomic mass is 10.2. The lowest BCUT2D eigenvalue weighted by Gasteiger charge is -2.10. The van der Waals surface area contributed by atoms with Crippen LogP contribution in [0, 0.1) is 10.1 Å². The molecule has 3 aromatic carbocycles. The first-order chi connectivity index (χ1) is 15.0. The third-order valence-corrected chi connectivity index (χ3v) is 5.08. The van der Waals surface area contributed by atoms with Gasteiger partial charge in [-0.1, -0.05) is 42.1 Å². The van der Waals surface area contributed by atoms with E-state index >= 15 is 0 Å². The molecule has 0 saturated carbocycles. The van der Waals surface area contributed by atoms with Gasteiger partial charge in [-0.05, 0) is 48.0 Å². The van der Waals surface area contributed by atoms with Gasteiger partial charge in [0, 0.05) is 28.0 Å². The Labute approximate surface area is 182 Å². The highest BCUT2D eigenvalue weighted by atomic mass is 32.2. The summed E-state index contributed by atoms with van der Waals surface area (Å²) in [5, 5.41) is 13.4. The number of benzene rings is 3. The number of amides is 1. The van der Waals surface area contributed by atoms with Gasteiger partial charge in [0.2, 0.25) is 0 Å². The smallest absolute Gasteiger partial charge is 0.331 e. The molecular formula is C23H18N2O5S. The number of nitro groups is 1. The van der Waals surface area contributed by atoms with Crippen LogP contribution in [-0.2, 0) is 14.3 Å². The first-order valence-electron chi connectivity index (χ1n) is 9.22. The van der Waals surface area contributed by atoms with Crippen LogP contribution >= 0.6 is 11.8 Å². The van der Waals surface area contributed by atoms with E-state index in [1.54, 1.807) is 6.07 Å². The minimum atomic E-state index is -0.694. The third-order valence-electron chi connectivity index (χ3n) is 3.99. The van der Waals surface area contributed by atoms with Crippen LogP contribution in [0.25, 0.3) is 6.08 Å². The average Bonchev–Trinajstić information content (AvgIpc) is 2.78. The molecule has 3 rings (SSSR count). The van der Waals surface area contributed by atoms with E-state index in [1.165, 1.54) is 42.1 Å². The summed E-state index contributed by atoms with van der Waals surface area (Å²) < 4.78 is 4.97. The first-order valence-corrected chi connectivity index (χ1v) is 10.0. The minimum Gasteiger partial charge on any atom is -0.452 e. The molecule has 1 amide bonds. The average molecular weight is 434 g/mol. The fraction of sp³-hybridized carbons (Fsp3) is 0.0435. The maximum absolute atomic E-state index is 12.2. The van der Waals surface area contributed by atoms with Crippen LogP contribution in [0.2, 0.25) is 0 Å². The SMILES string of the molecule is O=C(COC(=O)/C=C/c1ccc([N+](=O)[O-])cc1)Nc1ccccc1Sc1ccccc1. The highest BCUT2D eigenvalue weighted by molar-refractivity contribution is 7.99. The van der Waals surface area contributed by atoms with Gasteiger partial charge in [-0.25, -0.2) is 4.79 Å². The van der Waals surface area contributed by atoms with E-state index in [0.717, 1.165) is 15.9 Å². The van der Waals surface area contributed by atoms with Gasteiger partial charge in [0.1, 0.15) is 0 Å². The molecule has 8 heteroatoms. The number of carbonyl (C=O) groups is 2. The van der Waals surface area contributed by atoms with Crippen molar-refractivity contribution >= 4 is 41.1 Å². The second kappa shape index (κ2) is 10.7. The van der Waals surface area contributed by atoms with Crippen molar-refractivity contribution in [2.24, 2.45) is 0 Å². The molecule has 0 heterocycles. The van der Waals surface area contributed by atoms with Crippen LogP contribution in [0.3, 0.4) is 0 Å². The Morgan fingerprint density at radius 2 is 1.65 bits per heavy atom. The Morgan fingerprint density at radius 3 is 2.35 bits per heavy atom. The molecule has 0 aliphatic heterocycles. The maximum atomic E-state index is 12.2. The predicted octanol–water partition coefficient (Wildman–Crippen LogP) is 4.94. The van der Waals surface area contributed by atoms with E-state index in [9.17, 15) is 19.7 Å². The second-order valence-electron chi connectivity index (χ2n) is 6.25. The molecule has 0 aromatic heterocycles. The first kappa shape index (κ1) is 21.8.